The summed E-state index contributed by atoms with van der Waals surface area (Å²) in [6.07, 6.45) is 2.33. The van der Waals surface area contributed by atoms with Crippen molar-refractivity contribution in [3.05, 3.63) is 52.3 Å². The highest BCUT2D eigenvalue weighted by molar-refractivity contribution is 7.16. The Morgan fingerprint density at radius 3 is 2.96 bits per heavy atom. The van der Waals surface area contributed by atoms with Gasteiger partial charge >= 0.3 is 5.97 Å². The van der Waals surface area contributed by atoms with Gasteiger partial charge in [0.2, 0.25) is 5.78 Å². The lowest BCUT2D eigenvalue weighted by Gasteiger charge is -2.14. The van der Waals surface area contributed by atoms with Gasteiger partial charge in [0.05, 0.1) is 27.4 Å². The molecule has 0 spiro atoms. The van der Waals surface area contributed by atoms with Crippen LogP contribution in [0.15, 0.2) is 29.8 Å². The molecule has 0 N–H and O–H groups in total. The van der Waals surface area contributed by atoms with E-state index in [1.807, 2.05) is 19.9 Å². The number of ketones is 1. The van der Waals surface area contributed by atoms with Gasteiger partial charge in [-0.3, -0.25) is 4.79 Å². The van der Waals surface area contributed by atoms with Crippen molar-refractivity contribution in [2.45, 2.75) is 39.3 Å². The van der Waals surface area contributed by atoms with Crippen molar-refractivity contribution in [3.8, 4) is 0 Å². The van der Waals surface area contributed by atoms with Crippen LogP contribution in [0.25, 0.3) is 10.2 Å². The van der Waals surface area contributed by atoms with Gasteiger partial charge in [0.25, 0.3) is 0 Å². The summed E-state index contributed by atoms with van der Waals surface area (Å²) in [5.41, 5.74) is 5.50. The lowest BCUT2D eigenvalue weighted by atomic mass is 10.1. The monoisotopic (exact) mass is 398 g/mol. The van der Waals surface area contributed by atoms with Crippen LogP contribution in [-0.2, 0) is 16.0 Å². The Morgan fingerprint density at radius 2 is 2.18 bits per heavy atom. The number of nitrogens with zero attached hydrogens (tertiary/aromatic N) is 2. The van der Waals surface area contributed by atoms with E-state index < -0.39 is 5.97 Å². The molecule has 0 aliphatic carbocycles. The molecular weight excluding hydrogens is 376 g/mol. The SMILES string of the molecule is Cc1cc(C(=O)COC(=O)c2ccc3ncsc3c2)c(C)n1C[C@H]1CCCO1. The maximum atomic E-state index is 12.6. The number of aryl methyl sites for hydroxylation is 1. The molecule has 3 heterocycles. The van der Waals surface area contributed by atoms with Crippen LogP contribution in [0.5, 0.6) is 0 Å². The number of ether oxygens (including phenoxy) is 2. The van der Waals surface area contributed by atoms with E-state index in [-0.39, 0.29) is 18.5 Å². The van der Waals surface area contributed by atoms with E-state index in [0.29, 0.717) is 11.1 Å². The first-order valence-electron chi connectivity index (χ1n) is 9.35. The molecule has 1 aromatic carbocycles. The minimum absolute atomic E-state index is 0.195. The zero-order valence-electron chi connectivity index (χ0n) is 15.9. The topological polar surface area (TPSA) is 70.4 Å². The highest BCUT2D eigenvalue weighted by Gasteiger charge is 2.22. The second kappa shape index (κ2) is 7.85. The minimum Gasteiger partial charge on any atom is -0.454 e. The van der Waals surface area contributed by atoms with E-state index in [4.69, 9.17) is 9.47 Å². The average Bonchev–Trinajstić information content (AvgIpc) is 3.42. The van der Waals surface area contributed by atoms with Crippen molar-refractivity contribution in [2.24, 2.45) is 0 Å². The molecule has 2 aromatic heterocycles. The highest BCUT2D eigenvalue weighted by Crippen LogP contribution is 2.22. The first kappa shape index (κ1) is 18.8. The van der Waals surface area contributed by atoms with Crippen molar-refractivity contribution in [3.63, 3.8) is 0 Å². The summed E-state index contributed by atoms with van der Waals surface area (Å²) >= 11 is 1.46. The highest BCUT2D eigenvalue weighted by atomic mass is 32.1. The van der Waals surface area contributed by atoms with Gasteiger partial charge in [-0.15, -0.1) is 11.3 Å². The molecule has 0 unspecified atom stereocenters. The van der Waals surface area contributed by atoms with Crippen molar-refractivity contribution in [1.29, 1.82) is 0 Å². The smallest absolute Gasteiger partial charge is 0.338 e. The number of carbonyl (C=O) groups excluding carboxylic acids is 2. The lowest BCUT2D eigenvalue weighted by Crippen LogP contribution is -2.18. The van der Waals surface area contributed by atoms with Gasteiger partial charge in [-0.05, 0) is 51.0 Å². The van der Waals surface area contributed by atoms with Crippen LogP contribution in [0.3, 0.4) is 0 Å². The fraction of sp³-hybridized carbons (Fsp3) is 0.381. The van der Waals surface area contributed by atoms with E-state index in [0.717, 1.165) is 47.6 Å². The molecular formula is C21H22N2O4S. The predicted molar refractivity (Wildman–Crippen MR) is 107 cm³/mol. The summed E-state index contributed by atoms with van der Waals surface area (Å²) < 4.78 is 14.0. The number of carbonyl (C=O) groups is 2. The molecule has 7 heteroatoms. The number of rotatable bonds is 6. The van der Waals surface area contributed by atoms with Crippen molar-refractivity contribution >= 4 is 33.3 Å². The third kappa shape index (κ3) is 3.72. The van der Waals surface area contributed by atoms with Gasteiger partial charge < -0.3 is 14.0 Å². The van der Waals surface area contributed by atoms with Gasteiger partial charge in [0, 0.05) is 30.1 Å². The molecule has 28 heavy (non-hydrogen) atoms. The van der Waals surface area contributed by atoms with Crippen molar-refractivity contribution < 1.29 is 19.1 Å². The van der Waals surface area contributed by atoms with Crippen molar-refractivity contribution in [1.82, 2.24) is 9.55 Å². The van der Waals surface area contributed by atoms with Gasteiger partial charge in [-0.25, -0.2) is 9.78 Å². The van der Waals surface area contributed by atoms with Crippen molar-refractivity contribution in [2.75, 3.05) is 13.2 Å². The molecule has 3 aromatic rings. The zero-order chi connectivity index (χ0) is 19.7. The lowest BCUT2D eigenvalue weighted by molar-refractivity contribution is 0.0474. The summed E-state index contributed by atoms with van der Waals surface area (Å²) in [5, 5.41) is 0. The molecule has 6 nitrogen and oxygen atoms in total. The standard InChI is InChI=1S/C21H22N2O4S/c1-13-8-17(14(2)23(13)10-16-4-3-7-26-16)19(24)11-27-21(25)15-5-6-18-20(9-15)28-12-22-18/h5-6,8-9,12,16H,3-4,7,10-11H2,1-2H3/t16-/m1/s1. The molecule has 4 rings (SSSR count). The summed E-state index contributed by atoms with van der Waals surface area (Å²) in [7, 11) is 0. The van der Waals surface area contributed by atoms with Gasteiger partial charge in [-0.1, -0.05) is 0 Å². The Hall–Kier alpha value is -2.51. The number of Topliss-reactive ketones (excluding diaryl/α,β-unsaturated/α-hetero) is 1. The van der Waals surface area contributed by atoms with E-state index in [2.05, 4.69) is 9.55 Å². The molecule has 146 valence electrons. The minimum atomic E-state index is -0.503. The molecule has 1 fully saturated rings. The molecule has 0 radical (unpaired) electrons. The fourth-order valence-electron chi connectivity index (χ4n) is 3.63. The van der Waals surface area contributed by atoms with Gasteiger partial charge in [0.1, 0.15) is 0 Å². The van der Waals surface area contributed by atoms with Crippen LogP contribution in [-0.4, -0.2) is 40.6 Å². The summed E-state index contributed by atoms with van der Waals surface area (Å²) in [5.74, 6) is -0.698. The number of fused-ring (bicyclic) bond motifs is 1. The predicted octanol–water partition coefficient (Wildman–Crippen LogP) is 3.93. The Balaban J connectivity index is 1.42. The normalized spacial score (nSPS) is 16.6. The van der Waals surface area contributed by atoms with Crippen LogP contribution in [0.1, 0.15) is 44.9 Å². The summed E-state index contributed by atoms with van der Waals surface area (Å²) in [6.45, 7) is 5.19. The summed E-state index contributed by atoms with van der Waals surface area (Å²) in [4.78, 5) is 29.2. The van der Waals surface area contributed by atoms with Crippen LogP contribution < -0.4 is 0 Å². The number of hydrogen-bond acceptors (Lipinski definition) is 6. The van der Waals surface area contributed by atoms with E-state index in [9.17, 15) is 9.59 Å². The Bertz CT molecular complexity index is 1030. The maximum Gasteiger partial charge on any atom is 0.338 e. The number of thiazole rings is 1. The first-order valence-corrected chi connectivity index (χ1v) is 10.2. The Labute approximate surface area is 167 Å². The van der Waals surface area contributed by atoms with E-state index >= 15 is 0 Å². The number of esters is 1. The molecule has 0 amide bonds. The first-order chi connectivity index (χ1) is 13.5. The number of aromatic nitrogens is 2. The Kier molecular flexibility index (Phi) is 5.28. The third-order valence-electron chi connectivity index (χ3n) is 5.19. The van der Waals surface area contributed by atoms with E-state index in [1.165, 1.54) is 11.3 Å². The van der Waals surface area contributed by atoms with Crippen LogP contribution in [0, 0.1) is 13.8 Å². The molecule has 1 aliphatic heterocycles. The maximum absolute atomic E-state index is 12.6. The molecule has 1 aliphatic rings. The van der Waals surface area contributed by atoms with Crippen LogP contribution in [0.4, 0.5) is 0 Å². The average molecular weight is 398 g/mol. The van der Waals surface area contributed by atoms with Crippen LogP contribution in [0.2, 0.25) is 0 Å². The quantitative estimate of drug-likeness (QED) is 0.465. The van der Waals surface area contributed by atoms with E-state index in [1.54, 1.807) is 23.7 Å². The third-order valence-corrected chi connectivity index (χ3v) is 5.98. The zero-order valence-corrected chi connectivity index (χ0v) is 16.8. The largest absolute Gasteiger partial charge is 0.454 e. The van der Waals surface area contributed by atoms with Gasteiger partial charge in [0.15, 0.2) is 6.61 Å². The number of hydrogen-bond donors (Lipinski definition) is 0. The Morgan fingerprint density at radius 1 is 1.32 bits per heavy atom. The fourth-order valence-corrected chi connectivity index (χ4v) is 4.35. The molecule has 1 saturated heterocycles. The molecule has 0 saturated carbocycles. The number of benzene rings is 1. The second-order valence-corrected chi connectivity index (χ2v) is 7.95. The van der Waals surface area contributed by atoms with Gasteiger partial charge in [-0.2, -0.15) is 0 Å². The molecule has 1 atom stereocenters. The second-order valence-electron chi connectivity index (χ2n) is 7.06. The van der Waals surface area contributed by atoms with Crippen LogP contribution >= 0.6 is 11.3 Å². The summed E-state index contributed by atoms with van der Waals surface area (Å²) in [6, 6.07) is 7.06. The molecule has 0 bridgehead atoms.